The van der Waals surface area contributed by atoms with Crippen LogP contribution in [-0.2, 0) is 0 Å². The Kier molecular flexibility index (Phi) is 5.13. The van der Waals surface area contributed by atoms with Crippen LogP contribution in [0.25, 0.3) is 5.69 Å². The highest BCUT2D eigenvalue weighted by atomic mass is 35.5. The van der Waals surface area contributed by atoms with Crippen molar-refractivity contribution < 1.29 is 18.3 Å². The van der Waals surface area contributed by atoms with Crippen LogP contribution in [-0.4, -0.2) is 27.3 Å². The van der Waals surface area contributed by atoms with Crippen LogP contribution in [0.2, 0.25) is 5.02 Å². The van der Waals surface area contributed by atoms with Gasteiger partial charge in [0, 0.05) is 0 Å². The standard InChI is InChI=1S/C17H13ClF2N4O2/c1-10-21-15(16(25)22-14-5-3-2-4-13(14)18)23-24(10)11-6-8-12(9-7-11)26-17(19)20/h2-9,17H,1H3,(H,22,25). The quantitative estimate of drug-likeness (QED) is 0.726. The number of halogens is 3. The monoisotopic (exact) mass is 378 g/mol. The Bertz CT molecular complexity index is 929. The Morgan fingerprint density at radius 3 is 2.54 bits per heavy atom. The van der Waals surface area contributed by atoms with Gasteiger partial charge in [-0.15, -0.1) is 5.10 Å². The highest BCUT2D eigenvalue weighted by Crippen LogP contribution is 2.21. The molecular weight excluding hydrogens is 366 g/mol. The minimum Gasteiger partial charge on any atom is -0.435 e. The molecule has 3 rings (SSSR count). The molecule has 1 N–H and O–H groups in total. The van der Waals surface area contributed by atoms with Crippen molar-refractivity contribution in [1.82, 2.24) is 14.8 Å². The van der Waals surface area contributed by atoms with E-state index >= 15 is 0 Å². The van der Waals surface area contributed by atoms with Crippen LogP contribution in [0.1, 0.15) is 16.4 Å². The van der Waals surface area contributed by atoms with E-state index in [9.17, 15) is 13.6 Å². The van der Waals surface area contributed by atoms with Gasteiger partial charge in [-0.3, -0.25) is 4.79 Å². The van der Waals surface area contributed by atoms with Gasteiger partial charge < -0.3 is 10.1 Å². The summed E-state index contributed by atoms with van der Waals surface area (Å²) >= 11 is 6.01. The largest absolute Gasteiger partial charge is 0.435 e. The molecule has 0 atom stereocenters. The number of para-hydroxylation sites is 1. The number of rotatable bonds is 5. The number of hydrogen-bond donors (Lipinski definition) is 1. The minimum atomic E-state index is -2.89. The molecule has 1 amide bonds. The molecule has 6 nitrogen and oxygen atoms in total. The number of carbonyl (C=O) groups is 1. The fourth-order valence-electron chi connectivity index (χ4n) is 2.24. The van der Waals surface area contributed by atoms with E-state index in [1.807, 2.05) is 0 Å². The lowest BCUT2D eigenvalue weighted by Crippen LogP contribution is -2.14. The Morgan fingerprint density at radius 2 is 1.88 bits per heavy atom. The van der Waals surface area contributed by atoms with Crippen molar-refractivity contribution in [3.8, 4) is 11.4 Å². The second-order valence-electron chi connectivity index (χ2n) is 5.20. The average Bonchev–Trinajstić information content (AvgIpc) is 2.99. The summed E-state index contributed by atoms with van der Waals surface area (Å²) in [6, 6.07) is 12.6. The maximum atomic E-state index is 12.3. The zero-order valence-electron chi connectivity index (χ0n) is 13.5. The first-order chi connectivity index (χ1) is 12.4. The highest BCUT2D eigenvalue weighted by molar-refractivity contribution is 6.33. The van der Waals surface area contributed by atoms with Gasteiger partial charge in [-0.05, 0) is 43.3 Å². The molecule has 1 aromatic heterocycles. The van der Waals surface area contributed by atoms with E-state index in [1.165, 1.54) is 28.9 Å². The van der Waals surface area contributed by atoms with Crippen molar-refractivity contribution in [2.45, 2.75) is 13.5 Å². The fourth-order valence-corrected chi connectivity index (χ4v) is 2.42. The highest BCUT2D eigenvalue weighted by Gasteiger charge is 2.16. The Hall–Kier alpha value is -3.00. The van der Waals surface area contributed by atoms with Crippen LogP contribution in [0, 0.1) is 6.92 Å². The molecule has 0 aliphatic carbocycles. The third kappa shape index (κ3) is 3.97. The summed E-state index contributed by atoms with van der Waals surface area (Å²) in [4.78, 5) is 16.5. The Balaban J connectivity index is 1.80. The molecule has 26 heavy (non-hydrogen) atoms. The molecule has 0 aliphatic rings. The first kappa shape index (κ1) is 17.8. The number of carbonyl (C=O) groups excluding carboxylic acids is 1. The number of hydrogen-bond acceptors (Lipinski definition) is 4. The van der Waals surface area contributed by atoms with Crippen molar-refractivity contribution in [3.05, 3.63) is 65.2 Å². The zero-order chi connectivity index (χ0) is 18.7. The first-order valence-electron chi connectivity index (χ1n) is 7.49. The van der Waals surface area contributed by atoms with E-state index < -0.39 is 12.5 Å². The number of alkyl halides is 2. The van der Waals surface area contributed by atoms with Crippen LogP contribution in [0.15, 0.2) is 48.5 Å². The molecule has 0 fully saturated rings. The van der Waals surface area contributed by atoms with E-state index in [4.69, 9.17) is 11.6 Å². The third-order valence-electron chi connectivity index (χ3n) is 3.40. The number of ether oxygens (including phenoxy) is 1. The van der Waals surface area contributed by atoms with E-state index in [2.05, 4.69) is 20.1 Å². The summed E-state index contributed by atoms with van der Waals surface area (Å²) in [5.74, 6) is -0.0806. The summed E-state index contributed by atoms with van der Waals surface area (Å²) in [7, 11) is 0. The average molecular weight is 379 g/mol. The Labute approximate surface area is 152 Å². The van der Waals surface area contributed by atoms with Crippen LogP contribution in [0.3, 0.4) is 0 Å². The smallest absolute Gasteiger partial charge is 0.387 e. The molecule has 0 bridgehead atoms. The topological polar surface area (TPSA) is 69.0 Å². The molecule has 0 aliphatic heterocycles. The number of benzene rings is 2. The summed E-state index contributed by atoms with van der Waals surface area (Å²) in [5, 5.41) is 7.19. The van der Waals surface area contributed by atoms with Crippen molar-refractivity contribution >= 4 is 23.2 Å². The summed E-state index contributed by atoms with van der Waals surface area (Å²) in [5.41, 5.74) is 0.995. The van der Waals surface area contributed by atoms with Crippen molar-refractivity contribution in [2.24, 2.45) is 0 Å². The number of nitrogens with zero attached hydrogens (tertiary/aromatic N) is 3. The first-order valence-corrected chi connectivity index (χ1v) is 7.86. The van der Waals surface area contributed by atoms with E-state index in [0.717, 1.165) is 0 Å². The number of aryl methyl sites for hydroxylation is 1. The fraction of sp³-hybridized carbons (Fsp3) is 0.118. The maximum Gasteiger partial charge on any atom is 0.387 e. The van der Waals surface area contributed by atoms with Gasteiger partial charge in [0.25, 0.3) is 5.91 Å². The number of anilines is 1. The van der Waals surface area contributed by atoms with Gasteiger partial charge in [0.15, 0.2) is 0 Å². The summed E-state index contributed by atoms with van der Waals surface area (Å²) < 4.78 is 30.1. The lowest BCUT2D eigenvalue weighted by molar-refractivity contribution is -0.0498. The van der Waals surface area contributed by atoms with Gasteiger partial charge in [0.05, 0.1) is 16.4 Å². The number of nitrogens with one attached hydrogen (secondary N) is 1. The van der Waals surface area contributed by atoms with Crippen molar-refractivity contribution in [3.63, 3.8) is 0 Å². The third-order valence-corrected chi connectivity index (χ3v) is 3.73. The van der Waals surface area contributed by atoms with Gasteiger partial charge in [-0.2, -0.15) is 8.78 Å². The van der Waals surface area contributed by atoms with E-state index in [-0.39, 0.29) is 11.6 Å². The number of amides is 1. The molecule has 1 heterocycles. The second kappa shape index (κ2) is 7.49. The minimum absolute atomic E-state index is 0.0261. The van der Waals surface area contributed by atoms with Gasteiger partial charge in [-0.1, -0.05) is 23.7 Å². The second-order valence-corrected chi connectivity index (χ2v) is 5.61. The molecule has 0 radical (unpaired) electrons. The molecule has 3 aromatic rings. The lowest BCUT2D eigenvalue weighted by Gasteiger charge is -2.06. The molecule has 9 heteroatoms. The molecule has 0 saturated heterocycles. The van der Waals surface area contributed by atoms with E-state index in [0.29, 0.717) is 22.2 Å². The SMILES string of the molecule is Cc1nc(C(=O)Nc2ccccc2Cl)nn1-c1ccc(OC(F)F)cc1. The van der Waals surface area contributed by atoms with E-state index in [1.54, 1.807) is 31.2 Å². The molecule has 134 valence electrons. The predicted molar refractivity (Wildman–Crippen MR) is 92.1 cm³/mol. The van der Waals surface area contributed by atoms with Gasteiger partial charge in [0.1, 0.15) is 11.6 Å². The molecule has 0 saturated carbocycles. The van der Waals surface area contributed by atoms with Gasteiger partial charge in [0.2, 0.25) is 5.82 Å². The van der Waals surface area contributed by atoms with Gasteiger partial charge in [-0.25, -0.2) is 9.67 Å². The molecule has 0 unspecified atom stereocenters. The molecular formula is C17H13ClF2N4O2. The predicted octanol–water partition coefficient (Wildman–Crippen LogP) is 4.08. The lowest BCUT2D eigenvalue weighted by atomic mass is 10.3. The van der Waals surface area contributed by atoms with Crippen LogP contribution >= 0.6 is 11.6 Å². The Morgan fingerprint density at radius 1 is 1.19 bits per heavy atom. The van der Waals surface area contributed by atoms with Crippen LogP contribution in [0.4, 0.5) is 14.5 Å². The molecule has 0 spiro atoms. The normalized spacial score (nSPS) is 10.8. The van der Waals surface area contributed by atoms with Crippen molar-refractivity contribution in [2.75, 3.05) is 5.32 Å². The zero-order valence-corrected chi connectivity index (χ0v) is 14.2. The maximum absolute atomic E-state index is 12.3. The summed E-state index contributed by atoms with van der Waals surface area (Å²) in [6.45, 7) is -1.22. The van der Waals surface area contributed by atoms with Crippen LogP contribution < -0.4 is 10.1 Å². The van der Waals surface area contributed by atoms with Gasteiger partial charge >= 0.3 is 6.61 Å². The van der Waals surface area contributed by atoms with Crippen LogP contribution in [0.5, 0.6) is 5.75 Å². The summed E-state index contributed by atoms with van der Waals surface area (Å²) in [6.07, 6.45) is 0. The number of aromatic nitrogens is 3. The van der Waals surface area contributed by atoms with Crippen molar-refractivity contribution in [1.29, 1.82) is 0 Å². The molecule has 2 aromatic carbocycles.